The summed E-state index contributed by atoms with van der Waals surface area (Å²) in [5.41, 5.74) is 2.22. The van der Waals surface area contributed by atoms with Crippen LogP contribution in [0, 0.1) is 12.7 Å². The Kier molecular flexibility index (Phi) is 3.31. The van der Waals surface area contributed by atoms with E-state index in [0.717, 1.165) is 24.2 Å². The van der Waals surface area contributed by atoms with Gasteiger partial charge in [-0.2, -0.15) is 0 Å². The van der Waals surface area contributed by atoms with E-state index >= 15 is 0 Å². The summed E-state index contributed by atoms with van der Waals surface area (Å²) in [5, 5.41) is 0.544. The summed E-state index contributed by atoms with van der Waals surface area (Å²) in [7, 11) is 0. The van der Waals surface area contributed by atoms with Gasteiger partial charge in [0.05, 0.1) is 16.0 Å². The molecule has 0 bridgehead atoms. The number of aromatic nitrogens is 2. The molecular formula is C19H16FN3O2S. The zero-order valence-electron chi connectivity index (χ0n) is 14.2. The lowest BCUT2D eigenvalue weighted by Crippen LogP contribution is -2.28. The van der Waals surface area contributed by atoms with Crippen LogP contribution in [0.3, 0.4) is 0 Å². The topological polar surface area (TPSA) is 55.2 Å². The summed E-state index contributed by atoms with van der Waals surface area (Å²) in [6.45, 7) is 3.02. The Bertz CT molecular complexity index is 1150. The highest BCUT2D eigenvalue weighted by atomic mass is 32.1. The predicted octanol–water partition coefficient (Wildman–Crippen LogP) is 3.05. The van der Waals surface area contributed by atoms with E-state index in [0.29, 0.717) is 45.9 Å². The van der Waals surface area contributed by atoms with Crippen LogP contribution in [0.25, 0.3) is 10.2 Å². The van der Waals surface area contributed by atoms with Gasteiger partial charge in [0.1, 0.15) is 16.5 Å². The van der Waals surface area contributed by atoms with Crippen LogP contribution in [0.5, 0.6) is 0 Å². The van der Waals surface area contributed by atoms with E-state index in [1.807, 2.05) is 0 Å². The van der Waals surface area contributed by atoms with Crippen LogP contribution in [-0.4, -0.2) is 22.0 Å². The average molecular weight is 369 g/mol. The first-order valence-electron chi connectivity index (χ1n) is 8.67. The van der Waals surface area contributed by atoms with Gasteiger partial charge in [0, 0.05) is 19.5 Å². The molecule has 2 aromatic heterocycles. The Morgan fingerprint density at radius 3 is 2.96 bits per heavy atom. The van der Waals surface area contributed by atoms with E-state index in [9.17, 15) is 14.0 Å². The number of amides is 1. The van der Waals surface area contributed by atoms with Crippen molar-refractivity contribution in [1.29, 1.82) is 0 Å². The number of carbonyl (C=O) groups excluding carboxylic acids is 1. The zero-order chi connectivity index (χ0) is 18.0. The first-order valence-corrected chi connectivity index (χ1v) is 9.49. The Balaban J connectivity index is 1.64. The number of fused-ring (bicyclic) bond motifs is 3. The molecule has 0 spiro atoms. The minimum absolute atomic E-state index is 0.0526. The van der Waals surface area contributed by atoms with Gasteiger partial charge in [0.25, 0.3) is 11.5 Å². The lowest BCUT2D eigenvalue weighted by molar-refractivity contribution is 0.0993. The van der Waals surface area contributed by atoms with Crippen LogP contribution >= 0.6 is 11.3 Å². The van der Waals surface area contributed by atoms with Crippen molar-refractivity contribution in [2.75, 3.05) is 11.4 Å². The Hall–Kier alpha value is -2.54. The largest absolute Gasteiger partial charge is 0.307 e. The molecule has 7 heteroatoms. The standard InChI is InChI=1S/C19H16FN3O2S/c1-10-15-17(21-14-3-2-7-23(14)18(15)24)26-16(10)19(25)22-8-6-11-4-5-12(20)9-13(11)22/h4-5,9H,2-3,6-8H2,1H3. The molecule has 3 aromatic rings. The van der Waals surface area contributed by atoms with Gasteiger partial charge in [-0.3, -0.25) is 14.2 Å². The van der Waals surface area contributed by atoms with Gasteiger partial charge in [-0.05, 0) is 43.0 Å². The van der Waals surface area contributed by atoms with Crippen LogP contribution in [0.2, 0.25) is 0 Å². The lowest BCUT2D eigenvalue weighted by atomic mass is 10.1. The summed E-state index contributed by atoms with van der Waals surface area (Å²) in [6, 6.07) is 4.56. The fourth-order valence-electron chi connectivity index (χ4n) is 3.97. The highest BCUT2D eigenvalue weighted by molar-refractivity contribution is 7.20. The van der Waals surface area contributed by atoms with Crippen molar-refractivity contribution in [3.8, 4) is 0 Å². The van der Waals surface area contributed by atoms with Gasteiger partial charge >= 0.3 is 0 Å². The van der Waals surface area contributed by atoms with Crippen LogP contribution in [-0.2, 0) is 19.4 Å². The van der Waals surface area contributed by atoms with Crippen molar-refractivity contribution < 1.29 is 9.18 Å². The molecule has 2 aliphatic heterocycles. The van der Waals surface area contributed by atoms with Gasteiger partial charge in [-0.15, -0.1) is 11.3 Å². The van der Waals surface area contributed by atoms with Gasteiger partial charge in [-0.25, -0.2) is 9.37 Å². The molecule has 1 aromatic carbocycles. The van der Waals surface area contributed by atoms with E-state index in [1.165, 1.54) is 23.5 Å². The summed E-state index contributed by atoms with van der Waals surface area (Å²) >= 11 is 1.27. The van der Waals surface area contributed by atoms with E-state index < -0.39 is 0 Å². The molecule has 0 saturated carbocycles. The summed E-state index contributed by atoms with van der Waals surface area (Å²) in [6.07, 6.45) is 2.44. The Labute approximate surface area is 152 Å². The Morgan fingerprint density at radius 1 is 1.27 bits per heavy atom. The number of anilines is 1. The molecular weight excluding hydrogens is 353 g/mol. The molecule has 0 fully saturated rings. The maximum absolute atomic E-state index is 13.6. The van der Waals surface area contributed by atoms with Crippen molar-refractivity contribution in [3.63, 3.8) is 0 Å². The quantitative estimate of drug-likeness (QED) is 0.662. The number of aryl methyl sites for hydroxylation is 2. The molecule has 5 rings (SSSR count). The van der Waals surface area contributed by atoms with Gasteiger partial charge in [0.15, 0.2) is 0 Å². The number of rotatable bonds is 1. The van der Waals surface area contributed by atoms with Crippen molar-refractivity contribution in [3.05, 3.63) is 56.2 Å². The third-order valence-corrected chi connectivity index (χ3v) is 6.47. The van der Waals surface area contributed by atoms with E-state index in [1.54, 1.807) is 22.5 Å². The maximum atomic E-state index is 13.6. The highest BCUT2D eigenvalue weighted by Gasteiger charge is 2.30. The zero-order valence-corrected chi connectivity index (χ0v) is 15.0. The molecule has 0 atom stereocenters. The van der Waals surface area contributed by atoms with E-state index in [4.69, 9.17) is 0 Å². The maximum Gasteiger partial charge on any atom is 0.268 e. The second kappa shape index (κ2) is 5.48. The Morgan fingerprint density at radius 2 is 2.12 bits per heavy atom. The molecule has 4 heterocycles. The van der Waals surface area contributed by atoms with Crippen LogP contribution in [0.4, 0.5) is 10.1 Å². The molecule has 2 aliphatic rings. The molecule has 5 nitrogen and oxygen atoms in total. The van der Waals surface area contributed by atoms with Gasteiger partial charge in [-0.1, -0.05) is 6.07 Å². The van der Waals surface area contributed by atoms with Crippen LogP contribution < -0.4 is 10.5 Å². The number of nitrogens with zero attached hydrogens (tertiary/aromatic N) is 3. The third kappa shape index (κ3) is 2.10. The lowest BCUT2D eigenvalue weighted by Gasteiger charge is -2.16. The third-order valence-electron chi connectivity index (χ3n) is 5.29. The molecule has 1 amide bonds. The number of carbonyl (C=O) groups is 1. The second-order valence-corrected chi connectivity index (χ2v) is 7.80. The fourth-order valence-corrected chi connectivity index (χ4v) is 5.10. The highest BCUT2D eigenvalue weighted by Crippen LogP contribution is 2.34. The van der Waals surface area contributed by atoms with Crippen molar-refractivity contribution >= 4 is 33.1 Å². The molecule has 0 radical (unpaired) electrons. The van der Waals surface area contributed by atoms with Crippen molar-refractivity contribution in [2.45, 2.75) is 32.7 Å². The molecule has 0 aliphatic carbocycles. The molecule has 26 heavy (non-hydrogen) atoms. The number of halogens is 1. The first kappa shape index (κ1) is 15.7. The van der Waals surface area contributed by atoms with Crippen molar-refractivity contribution in [2.24, 2.45) is 0 Å². The number of hydrogen-bond acceptors (Lipinski definition) is 4. The monoisotopic (exact) mass is 369 g/mol. The minimum Gasteiger partial charge on any atom is -0.307 e. The smallest absolute Gasteiger partial charge is 0.268 e. The van der Waals surface area contributed by atoms with Crippen LogP contribution in [0.15, 0.2) is 23.0 Å². The molecule has 132 valence electrons. The minimum atomic E-state index is -0.354. The molecule has 0 N–H and O–H groups in total. The van der Waals surface area contributed by atoms with Crippen molar-refractivity contribution in [1.82, 2.24) is 9.55 Å². The SMILES string of the molecule is Cc1c(C(=O)N2CCc3ccc(F)cc32)sc2nc3n(c(=O)c12)CCC3. The van der Waals surface area contributed by atoms with E-state index in [2.05, 4.69) is 4.98 Å². The number of hydrogen-bond donors (Lipinski definition) is 0. The fraction of sp³-hybridized carbons (Fsp3) is 0.316. The molecule has 0 saturated heterocycles. The van der Waals surface area contributed by atoms with E-state index in [-0.39, 0.29) is 17.3 Å². The summed E-state index contributed by atoms with van der Waals surface area (Å²) in [5.74, 6) is 0.267. The number of thiophene rings is 1. The summed E-state index contributed by atoms with van der Waals surface area (Å²) < 4.78 is 15.4. The van der Waals surface area contributed by atoms with Gasteiger partial charge in [0.2, 0.25) is 0 Å². The number of benzene rings is 1. The summed E-state index contributed by atoms with van der Waals surface area (Å²) in [4.78, 5) is 33.3. The first-order chi connectivity index (χ1) is 12.5. The van der Waals surface area contributed by atoms with Crippen LogP contribution in [0.1, 0.15) is 33.0 Å². The molecule has 0 unspecified atom stereocenters. The predicted molar refractivity (Wildman–Crippen MR) is 98.7 cm³/mol. The normalized spacial score (nSPS) is 15.5. The average Bonchev–Trinajstić information content (AvgIpc) is 3.31. The van der Waals surface area contributed by atoms with Gasteiger partial charge < -0.3 is 4.90 Å². The second-order valence-electron chi connectivity index (χ2n) is 6.80.